The zero-order chi connectivity index (χ0) is 22.7. The van der Waals surface area contributed by atoms with Crippen molar-refractivity contribution in [2.45, 2.75) is 59.8 Å². The molecule has 11 nitrogen and oxygen atoms in total. The summed E-state index contributed by atoms with van der Waals surface area (Å²) in [6, 6.07) is 0. The van der Waals surface area contributed by atoms with Crippen molar-refractivity contribution in [2.75, 3.05) is 13.2 Å². The Hall–Kier alpha value is -2.82. The fraction of sp³-hybridized carbons (Fsp3) is 0.684. The molecule has 0 aromatic heterocycles. The molecular formula is C19H26N2O9. The average Bonchev–Trinajstić information content (AvgIpc) is 3.10. The number of nitrogens with zero attached hydrogens (tertiary/aromatic N) is 2. The first-order valence-corrected chi connectivity index (χ1v) is 9.55. The largest absolute Gasteiger partial charge is 0.380 e. The van der Waals surface area contributed by atoms with E-state index in [1.165, 1.54) is 13.8 Å². The highest BCUT2D eigenvalue weighted by Gasteiger charge is 2.39. The maximum Gasteiger partial charge on any atom is 0.341 e. The van der Waals surface area contributed by atoms with Gasteiger partial charge in [-0.25, -0.2) is 9.59 Å². The third-order valence-corrected chi connectivity index (χ3v) is 4.51. The first-order valence-electron chi connectivity index (χ1n) is 9.55. The Balaban J connectivity index is 1.80. The summed E-state index contributed by atoms with van der Waals surface area (Å²) in [5, 5.41) is 0.963. The Kier molecular flexibility index (Phi) is 6.96. The van der Waals surface area contributed by atoms with Gasteiger partial charge < -0.3 is 14.4 Å². The third kappa shape index (κ3) is 5.85. The van der Waals surface area contributed by atoms with Crippen molar-refractivity contribution in [3.63, 3.8) is 0 Å². The molecule has 166 valence electrons. The minimum absolute atomic E-state index is 0.00194. The van der Waals surface area contributed by atoms with E-state index in [1.807, 2.05) is 0 Å². The van der Waals surface area contributed by atoms with E-state index in [4.69, 9.17) is 14.4 Å². The maximum absolute atomic E-state index is 12.3. The number of amides is 4. The summed E-state index contributed by atoms with van der Waals surface area (Å²) in [4.78, 5) is 80.3. The molecule has 0 atom stereocenters. The molecule has 0 unspecified atom stereocenters. The highest BCUT2D eigenvalue weighted by Crippen LogP contribution is 2.26. The fourth-order valence-corrected chi connectivity index (χ4v) is 2.74. The van der Waals surface area contributed by atoms with Crippen LogP contribution in [0.2, 0.25) is 0 Å². The molecule has 2 heterocycles. The van der Waals surface area contributed by atoms with Gasteiger partial charge in [0.05, 0.1) is 25.0 Å². The topological polar surface area (TPSA) is 137 Å². The Labute approximate surface area is 173 Å². The zero-order valence-electron chi connectivity index (χ0n) is 17.5. The van der Waals surface area contributed by atoms with Gasteiger partial charge >= 0.3 is 11.9 Å². The monoisotopic (exact) mass is 426 g/mol. The van der Waals surface area contributed by atoms with Crippen LogP contribution in [0.5, 0.6) is 0 Å². The van der Waals surface area contributed by atoms with Crippen molar-refractivity contribution in [3.8, 4) is 0 Å². The molecule has 0 saturated carbocycles. The van der Waals surface area contributed by atoms with Gasteiger partial charge in [-0.15, -0.1) is 10.1 Å². The summed E-state index contributed by atoms with van der Waals surface area (Å²) in [7, 11) is 0. The zero-order valence-corrected chi connectivity index (χ0v) is 17.5. The Morgan fingerprint density at radius 1 is 0.767 bits per heavy atom. The number of hydrogen-bond donors (Lipinski definition) is 0. The number of ether oxygens (including phenoxy) is 1. The Bertz CT molecular complexity index is 740. The van der Waals surface area contributed by atoms with E-state index in [-0.39, 0.29) is 45.3 Å². The normalized spacial score (nSPS) is 17.7. The molecule has 11 heteroatoms. The van der Waals surface area contributed by atoms with Gasteiger partial charge in [-0.3, -0.25) is 19.2 Å². The van der Waals surface area contributed by atoms with Gasteiger partial charge in [-0.05, 0) is 19.3 Å². The number of carbonyl (C=O) groups is 6. The molecule has 2 aliphatic rings. The molecule has 0 N–H and O–H groups in total. The second-order valence-electron chi connectivity index (χ2n) is 8.72. The number of rotatable bonds is 9. The minimum atomic E-state index is -1.16. The van der Waals surface area contributed by atoms with E-state index in [2.05, 4.69) is 0 Å². The van der Waals surface area contributed by atoms with Crippen LogP contribution in [0.3, 0.4) is 0 Å². The van der Waals surface area contributed by atoms with Crippen molar-refractivity contribution in [1.82, 2.24) is 10.1 Å². The van der Waals surface area contributed by atoms with E-state index in [0.29, 0.717) is 10.1 Å². The van der Waals surface area contributed by atoms with E-state index >= 15 is 0 Å². The van der Waals surface area contributed by atoms with Crippen LogP contribution in [-0.2, 0) is 43.2 Å². The van der Waals surface area contributed by atoms with Crippen LogP contribution >= 0.6 is 0 Å². The molecule has 0 aromatic carbocycles. The van der Waals surface area contributed by atoms with Crippen molar-refractivity contribution in [2.24, 2.45) is 10.8 Å². The van der Waals surface area contributed by atoms with Crippen LogP contribution in [0.15, 0.2) is 0 Å². The third-order valence-electron chi connectivity index (χ3n) is 4.51. The molecule has 30 heavy (non-hydrogen) atoms. The van der Waals surface area contributed by atoms with E-state index < -0.39 is 46.4 Å². The summed E-state index contributed by atoms with van der Waals surface area (Å²) < 4.78 is 5.57. The number of carbonyl (C=O) groups excluding carboxylic acids is 6. The van der Waals surface area contributed by atoms with Gasteiger partial charge in [0, 0.05) is 25.7 Å². The Morgan fingerprint density at radius 3 is 1.67 bits per heavy atom. The fourth-order valence-electron chi connectivity index (χ4n) is 2.74. The lowest BCUT2D eigenvalue weighted by Gasteiger charge is -2.28. The maximum atomic E-state index is 12.3. The van der Waals surface area contributed by atoms with Crippen molar-refractivity contribution < 1.29 is 43.2 Å². The number of imide groups is 2. The van der Waals surface area contributed by atoms with E-state index in [9.17, 15) is 28.8 Å². The average molecular weight is 426 g/mol. The molecule has 0 spiro atoms. The lowest BCUT2D eigenvalue weighted by molar-refractivity contribution is -0.206. The summed E-state index contributed by atoms with van der Waals surface area (Å²) in [5.41, 5.74) is -1.88. The first kappa shape index (κ1) is 23.5. The van der Waals surface area contributed by atoms with Crippen LogP contribution in [0.4, 0.5) is 0 Å². The summed E-state index contributed by atoms with van der Waals surface area (Å²) in [5.74, 6) is -3.80. The lowest BCUT2D eigenvalue weighted by Crippen LogP contribution is -2.40. The van der Waals surface area contributed by atoms with Crippen molar-refractivity contribution in [3.05, 3.63) is 0 Å². The predicted octanol–water partition coefficient (Wildman–Crippen LogP) is 0.660. The summed E-state index contributed by atoms with van der Waals surface area (Å²) in [6.45, 7) is 6.47. The van der Waals surface area contributed by atoms with Crippen LogP contribution in [0, 0.1) is 10.8 Å². The van der Waals surface area contributed by atoms with Crippen LogP contribution in [0.1, 0.15) is 59.8 Å². The molecule has 2 fully saturated rings. The molecule has 0 bridgehead atoms. The Morgan fingerprint density at radius 2 is 1.20 bits per heavy atom. The molecular weight excluding hydrogens is 400 g/mol. The minimum Gasteiger partial charge on any atom is -0.380 e. The number of hydrogen-bond acceptors (Lipinski definition) is 9. The second kappa shape index (κ2) is 8.90. The SMILES string of the molecule is CC(C)(COCC(C)(C)C(=O)ON1C(=O)CCC1=O)CC(=O)ON1C(=O)CCC1=O. The smallest absolute Gasteiger partial charge is 0.341 e. The number of hydroxylamine groups is 4. The van der Waals surface area contributed by atoms with Gasteiger partial charge in [-0.1, -0.05) is 13.8 Å². The van der Waals surface area contributed by atoms with Crippen molar-refractivity contribution in [1.29, 1.82) is 0 Å². The molecule has 4 amide bonds. The lowest BCUT2D eigenvalue weighted by atomic mass is 9.90. The standard InChI is InChI=1S/C19H26N2O9/c1-18(2,9-16(26)29-20-12(22)5-6-13(20)23)10-28-11-19(3,4)17(27)30-21-14(24)7-8-15(21)25/h5-11H2,1-4H3. The van der Waals surface area contributed by atoms with Crippen LogP contribution in [0.25, 0.3) is 0 Å². The summed E-state index contributed by atoms with van der Waals surface area (Å²) in [6.07, 6.45) is -0.105. The molecule has 0 aliphatic carbocycles. The highest BCUT2D eigenvalue weighted by molar-refractivity contribution is 6.02. The predicted molar refractivity (Wildman–Crippen MR) is 97.4 cm³/mol. The van der Waals surface area contributed by atoms with Crippen LogP contribution in [-0.4, -0.2) is 58.9 Å². The second-order valence-corrected chi connectivity index (χ2v) is 8.72. The van der Waals surface area contributed by atoms with E-state index in [1.54, 1.807) is 13.8 Å². The van der Waals surface area contributed by atoms with Crippen LogP contribution < -0.4 is 0 Å². The first-order chi connectivity index (χ1) is 13.8. The molecule has 2 rings (SSSR count). The van der Waals surface area contributed by atoms with Gasteiger partial charge in [0.25, 0.3) is 23.6 Å². The van der Waals surface area contributed by atoms with Crippen molar-refractivity contribution >= 4 is 35.6 Å². The highest BCUT2D eigenvalue weighted by atomic mass is 16.7. The molecule has 2 saturated heterocycles. The van der Waals surface area contributed by atoms with Gasteiger partial charge in [0.2, 0.25) is 0 Å². The summed E-state index contributed by atoms with van der Waals surface area (Å²) >= 11 is 0. The van der Waals surface area contributed by atoms with Gasteiger partial charge in [0.1, 0.15) is 0 Å². The van der Waals surface area contributed by atoms with Gasteiger partial charge in [0.15, 0.2) is 0 Å². The van der Waals surface area contributed by atoms with Gasteiger partial charge in [-0.2, -0.15) is 0 Å². The molecule has 2 aliphatic heterocycles. The molecule has 0 radical (unpaired) electrons. The molecule has 0 aromatic rings. The quantitative estimate of drug-likeness (QED) is 0.487. The van der Waals surface area contributed by atoms with E-state index in [0.717, 1.165) is 0 Å².